The first kappa shape index (κ1) is 19.4. The molecule has 36 heavy (non-hydrogen) atoms. The number of pyridine rings is 1. The number of rotatable bonds is 2. The Kier molecular flexibility index (Phi) is 4.08. The number of benzene rings is 4. The standard InChI is InChI=1S/C32H21N2O2/c1-19-10-13-23-24-14-11-21(18-33)30(32(24)36-31(23)29(19)26-8-5-6-16-34(26)2)20-12-15-28-25(17-20)22-7-3-4-9-27(22)35-28/h3-17H,1-2H3/q+1/i16D. The molecule has 0 aliphatic rings. The zero-order valence-corrected chi connectivity index (χ0v) is 19.8. The van der Waals surface area contributed by atoms with E-state index in [0.717, 1.165) is 66.2 Å². The Morgan fingerprint density at radius 3 is 2.36 bits per heavy atom. The van der Waals surface area contributed by atoms with E-state index in [9.17, 15) is 5.26 Å². The Morgan fingerprint density at radius 1 is 0.750 bits per heavy atom. The molecule has 3 aromatic heterocycles. The first-order valence-electron chi connectivity index (χ1n) is 12.3. The number of furan rings is 2. The monoisotopic (exact) mass is 466 g/mol. The van der Waals surface area contributed by atoms with Gasteiger partial charge in [0.1, 0.15) is 30.8 Å². The van der Waals surface area contributed by atoms with Gasteiger partial charge in [0.2, 0.25) is 5.69 Å². The molecule has 3 heterocycles. The second-order valence-electron chi connectivity index (χ2n) is 9.12. The highest BCUT2D eigenvalue weighted by Crippen LogP contribution is 2.43. The van der Waals surface area contributed by atoms with E-state index in [-0.39, 0.29) is 0 Å². The van der Waals surface area contributed by atoms with Gasteiger partial charge in [-0.15, -0.1) is 0 Å². The molecule has 0 saturated carbocycles. The van der Waals surface area contributed by atoms with Crippen LogP contribution in [0.2, 0.25) is 0 Å². The third-order valence-electron chi connectivity index (χ3n) is 7.04. The van der Waals surface area contributed by atoms with Gasteiger partial charge >= 0.3 is 0 Å². The van der Waals surface area contributed by atoms with Crippen LogP contribution in [0.1, 0.15) is 12.5 Å². The summed E-state index contributed by atoms with van der Waals surface area (Å²) in [6, 6.07) is 30.0. The number of nitriles is 1. The summed E-state index contributed by atoms with van der Waals surface area (Å²) in [6.45, 7) is 2.05. The first-order chi connectivity index (χ1) is 18.0. The van der Waals surface area contributed by atoms with Gasteiger partial charge < -0.3 is 8.83 Å². The Balaban J connectivity index is 1.57. The van der Waals surface area contributed by atoms with Gasteiger partial charge in [0.25, 0.3) is 0 Å². The van der Waals surface area contributed by atoms with Gasteiger partial charge in [0.15, 0.2) is 6.17 Å². The zero-order valence-electron chi connectivity index (χ0n) is 20.8. The van der Waals surface area contributed by atoms with E-state index in [1.165, 1.54) is 0 Å². The summed E-state index contributed by atoms with van der Waals surface area (Å²) in [6.07, 6.45) is 0.415. The fraction of sp³-hybridized carbons (Fsp3) is 0.0625. The largest absolute Gasteiger partial charge is 0.456 e. The number of para-hydroxylation sites is 1. The predicted molar refractivity (Wildman–Crippen MR) is 142 cm³/mol. The molecule has 4 nitrogen and oxygen atoms in total. The average Bonchev–Trinajstić information content (AvgIpc) is 3.47. The van der Waals surface area contributed by atoms with Gasteiger partial charge in [-0.05, 0) is 54.4 Å². The predicted octanol–water partition coefficient (Wildman–Crippen LogP) is 7.82. The maximum atomic E-state index is 10.1. The van der Waals surface area contributed by atoms with Crippen LogP contribution in [-0.4, -0.2) is 0 Å². The lowest BCUT2D eigenvalue weighted by Gasteiger charge is -2.06. The molecule has 0 aliphatic heterocycles. The van der Waals surface area contributed by atoms with Gasteiger partial charge in [-0.1, -0.05) is 36.4 Å². The number of aromatic nitrogens is 1. The van der Waals surface area contributed by atoms with E-state index in [1.807, 2.05) is 72.3 Å². The molecule has 4 aromatic carbocycles. The molecule has 0 N–H and O–H groups in total. The second kappa shape index (κ2) is 7.56. The summed E-state index contributed by atoms with van der Waals surface area (Å²) in [5.74, 6) is 0. The van der Waals surface area contributed by atoms with Crippen molar-refractivity contribution >= 4 is 43.9 Å². The lowest BCUT2D eigenvalue weighted by Crippen LogP contribution is -2.30. The normalized spacial score (nSPS) is 12.0. The van der Waals surface area contributed by atoms with Crippen molar-refractivity contribution in [2.45, 2.75) is 6.92 Å². The zero-order chi connectivity index (χ0) is 25.3. The van der Waals surface area contributed by atoms with Gasteiger partial charge in [-0.2, -0.15) is 5.26 Å². The molecule has 0 saturated heterocycles. The quantitative estimate of drug-likeness (QED) is 0.244. The Labute approximate surface area is 208 Å². The van der Waals surface area contributed by atoms with E-state index >= 15 is 0 Å². The molecule has 170 valence electrons. The Morgan fingerprint density at radius 2 is 1.50 bits per heavy atom. The van der Waals surface area contributed by atoms with Crippen molar-refractivity contribution in [3.8, 4) is 28.5 Å². The smallest absolute Gasteiger partial charge is 0.216 e. The molecule has 4 heteroatoms. The Hall–Kier alpha value is -4.88. The van der Waals surface area contributed by atoms with Crippen molar-refractivity contribution in [3.63, 3.8) is 0 Å². The van der Waals surface area contributed by atoms with Crippen LogP contribution in [0.25, 0.3) is 66.3 Å². The molecule has 0 atom stereocenters. The third-order valence-corrected chi connectivity index (χ3v) is 7.04. The van der Waals surface area contributed by atoms with Crippen LogP contribution in [0, 0.1) is 18.3 Å². The average molecular weight is 467 g/mol. The number of fused-ring (bicyclic) bond motifs is 6. The van der Waals surface area contributed by atoms with Crippen LogP contribution in [0.15, 0.2) is 99.9 Å². The molecule has 0 fully saturated rings. The van der Waals surface area contributed by atoms with Crippen LogP contribution in [0.4, 0.5) is 0 Å². The summed E-state index contributed by atoms with van der Waals surface area (Å²) in [5.41, 5.74) is 8.21. The molecule has 0 spiro atoms. The fourth-order valence-corrected chi connectivity index (χ4v) is 5.31. The highest BCUT2D eigenvalue weighted by atomic mass is 16.3. The van der Waals surface area contributed by atoms with Crippen molar-refractivity contribution in [2.24, 2.45) is 7.05 Å². The number of nitrogens with zero attached hydrogens (tertiary/aromatic N) is 2. The summed E-state index contributed by atoms with van der Waals surface area (Å²) in [4.78, 5) is 0. The van der Waals surface area contributed by atoms with E-state index in [4.69, 9.17) is 10.2 Å². The maximum absolute atomic E-state index is 10.1. The van der Waals surface area contributed by atoms with Crippen LogP contribution < -0.4 is 4.57 Å². The molecule has 0 bridgehead atoms. The molecular formula is C32H21N2O2+. The van der Waals surface area contributed by atoms with Crippen molar-refractivity contribution in [2.75, 3.05) is 0 Å². The summed E-state index contributed by atoms with van der Waals surface area (Å²) < 4.78 is 22.9. The van der Waals surface area contributed by atoms with E-state index < -0.39 is 0 Å². The molecule has 0 radical (unpaired) electrons. The van der Waals surface area contributed by atoms with Crippen molar-refractivity contribution in [1.29, 1.82) is 5.26 Å². The molecular weight excluding hydrogens is 444 g/mol. The van der Waals surface area contributed by atoms with Gasteiger partial charge in [-0.25, -0.2) is 4.57 Å². The summed E-state index contributed by atoms with van der Waals surface area (Å²) in [7, 11) is 1.89. The molecule has 0 amide bonds. The lowest BCUT2D eigenvalue weighted by molar-refractivity contribution is -0.660. The minimum Gasteiger partial charge on any atom is -0.456 e. The summed E-state index contributed by atoms with van der Waals surface area (Å²) in [5, 5.41) is 14.0. The van der Waals surface area contributed by atoms with Crippen molar-refractivity contribution < 1.29 is 14.8 Å². The molecule has 7 aromatic rings. The highest BCUT2D eigenvalue weighted by Gasteiger charge is 2.23. The lowest BCUT2D eigenvalue weighted by atomic mass is 9.95. The van der Waals surface area contributed by atoms with E-state index in [0.29, 0.717) is 17.3 Å². The minimum atomic E-state index is 0.415. The van der Waals surface area contributed by atoms with Crippen LogP contribution in [-0.2, 0) is 7.05 Å². The summed E-state index contributed by atoms with van der Waals surface area (Å²) >= 11 is 0. The molecule has 0 aliphatic carbocycles. The van der Waals surface area contributed by atoms with Crippen molar-refractivity contribution in [1.82, 2.24) is 0 Å². The highest BCUT2D eigenvalue weighted by molar-refractivity contribution is 6.15. The number of aryl methyl sites for hydroxylation is 1. The van der Waals surface area contributed by atoms with Crippen LogP contribution >= 0.6 is 0 Å². The molecule has 0 unspecified atom stereocenters. The van der Waals surface area contributed by atoms with Crippen molar-refractivity contribution in [3.05, 3.63) is 102 Å². The van der Waals surface area contributed by atoms with E-state index in [2.05, 4.69) is 31.2 Å². The maximum Gasteiger partial charge on any atom is 0.216 e. The minimum absolute atomic E-state index is 0.415. The van der Waals surface area contributed by atoms with Crippen LogP contribution in [0.3, 0.4) is 0 Å². The third kappa shape index (κ3) is 2.84. The van der Waals surface area contributed by atoms with Gasteiger partial charge in [0.05, 0.1) is 17.2 Å². The SMILES string of the molecule is [2H]c1cccc(-c2c(C)ccc3c2oc2c(-c4ccc5oc6ccccc6c5c4)c(C#N)ccc23)[n+]1C. The van der Waals surface area contributed by atoms with Gasteiger partial charge in [0, 0.05) is 39.2 Å². The van der Waals surface area contributed by atoms with Crippen LogP contribution in [0.5, 0.6) is 0 Å². The van der Waals surface area contributed by atoms with Gasteiger partial charge in [-0.3, -0.25) is 0 Å². The second-order valence-corrected chi connectivity index (χ2v) is 9.12. The first-order valence-corrected chi connectivity index (χ1v) is 11.8. The Bertz CT molecular complexity index is 2090. The topological polar surface area (TPSA) is 54.0 Å². The van der Waals surface area contributed by atoms with E-state index in [1.54, 1.807) is 6.07 Å². The molecule has 7 rings (SSSR count). The number of hydrogen-bond donors (Lipinski definition) is 0. The number of hydrogen-bond acceptors (Lipinski definition) is 3. The fourth-order valence-electron chi connectivity index (χ4n) is 5.31.